The molecule has 0 aliphatic heterocycles. The van der Waals surface area contributed by atoms with Crippen LogP contribution in [0.3, 0.4) is 0 Å². The van der Waals surface area contributed by atoms with Gasteiger partial charge in [0, 0.05) is 30.6 Å². The van der Waals surface area contributed by atoms with Gasteiger partial charge in [0.1, 0.15) is 16.9 Å². The van der Waals surface area contributed by atoms with E-state index in [1.54, 1.807) is 17.1 Å². The molecule has 3 rings (SSSR count). The predicted octanol–water partition coefficient (Wildman–Crippen LogP) is 1.15. The third-order valence-electron chi connectivity index (χ3n) is 3.18. The Balaban J connectivity index is 2.34. The fraction of sp³-hybridized carbons (Fsp3) is 0.231. The van der Waals surface area contributed by atoms with E-state index < -0.39 is 0 Å². The average Bonchev–Trinajstić information content (AvgIpc) is 2.85. The lowest BCUT2D eigenvalue weighted by Gasteiger charge is -2.08. The number of hydrogen-bond acceptors (Lipinski definition) is 6. The van der Waals surface area contributed by atoms with Crippen LogP contribution in [0.25, 0.3) is 22.2 Å². The molecule has 4 N–H and O–H groups in total. The Bertz CT molecular complexity index is 791. The third kappa shape index (κ3) is 1.83. The van der Waals surface area contributed by atoms with E-state index in [-0.39, 0.29) is 0 Å². The number of hydrogen-bond donors (Lipinski definition) is 2. The molecule has 7 heteroatoms. The molecule has 20 heavy (non-hydrogen) atoms. The molecule has 0 amide bonds. The summed E-state index contributed by atoms with van der Waals surface area (Å²) in [6.07, 6.45) is 6.01. The van der Waals surface area contributed by atoms with Gasteiger partial charge in [-0.25, -0.2) is 15.0 Å². The molecule has 0 spiro atoms. The van der Waals surface area contributed by atoms with Gasteiger partial charge in [0.25, 0.3) is 0 Å². The van der Waals surface area contributed by atoms with E-state index in [4.69, 9.17) is 11.5 Å². The Hall–Kier alpha value is -2.70. The second kappa shape index (κ2) is 4.44. The summed E-state index contributed by atoms with van der Waals surface area (Å²) in [4.78, 5) is 13.1. The molecule has 0 saturated carbocycles. The monoisotopic (exact) mass is 269 g/mol. The normalized spacial score (nSPS) is 11.1. The van der Waals surface area contributed by atoms with Crippen LogP contribution in [0.15, 0.2) is 18.6 Å². The number of rotatable bonds is 2. The molecule has 0 atom stereocenters. The zero-order valence-electron chi connectivity index (χ0n) is 11.3. The van der Waals surface area contributed by atoms with Gasteiger partial charge in [-0.05, 0) is 6.42 Å². The zero-order valence-corrected chi connectivity index (χ0v) is 11.3. The zero-order chi connectivity index (χ0) is 14.3. The Kier molecular flexibility index (Phi) is 2.74. The maximum atomic E-state index is 5.94. The van der Waals surface area contributed by atoms with Crippen LogP contribution in [-0.2, 0) is 13.5 Å². The molecular formula is C13H15N7. The molecule has 3 aromatic rings. The Morgan fingerprint density at radius 1 is 1.10 bits per heavy atom. The molecule has 0 aliphatic carbocycles. The van der Waals surface area contributed by atoms with Crippen molar-refractivity contribution in [1.82, 2.24) is 24.7 Å². The lowest BCUT2D eigenvalue weighted by atomic mass is 10.1. The molecule has 0 unspecified atom stereocenters. The van der Waals surface area contributed by atoms with Crippen molar-refractivity contribution >= 4 is 22.7 Å². The van der Waals surface area contributed by atoms with Gasteiger partial charge in [-0.3, -0.25) is 4.68 Å². The molecule has 0 radical (unpaired) electrons. The van der Waals surface area contributed by atoms with E-state index in [0.29, 0.717) is 29.1 Å². The van der Waals surface area contributed by atoms with Crippen molar-refractivity contribution in [3.8, 4) is 11.1 Å². The molecular weight excluding hydrogens is 254 g/mol. The molecule has 102 valence electrons. The van der Waals surface area contributed by atoms with Crippen molar-refractivity contribution in [2.45, 2.75) is 13.3 Å². The first-order chi connectivity index (χ1) is 9.60. The summed E-state index contributed by atoms with van der Waals surface area (Å²) < 4.78 is 1.72. The standard InChI is InChI=1S/C13H15N7/c1-3-9-12(14)19-10-8(7-4-17-20(2)6-7)5-16-13(15)11(10)18-9/h4-6H,3H2,1-2H3,(H2,14,19)(H2,15,16). The highest BCUT2D eigenvalue weighted by atomic mass is 15.2. The second-order valence-electron chi connectivity index (χ2n) is 4.57. The van der Waals surface area contributed by atoms with E-state index in [0.717, 1.165) is 16.8 Å². The van der Waals surface area contributed by atoms with Gasteiger partial charge >= 0.3 is 0 Å². The highest BCUT2D eigenvalue weighted by molar-refractivity contribution is 5.96. The summed E-state index contributed by atoms with van der Waals surface area (Å²) in [5.41, 5.74) is 15.5. The van der Waals surface area contributed by atoms with Crippen LogP contribution in [0.1, 0.15) is 12.6 Å². The minimum absolute atomic E-state index is 0.356. The van der Waals surface area contributed by atoms with Crippen LogP contribution in [0.2, 0.25) is 0 Å². The highest BCUT2D eigenvalue weighted by Gasteiger charge is 2.14. The predicted molar refractivity (Wildman–Crippen MR) is 77.7 cm³/mol. The molecule has 0 aliphatic rings. The van der Waals surface area contributed by atoms with E-state index in [1.807, 2.05) is 20.2 Å². The Morgan fingerprint density at radius 2 is 1.90 bits per heavy atom. The lowest BCUT2D eigenvalue weighted by Crippen LogP contribution is -2.04. The number of pyridine rings is 1. The summed E-state index contributed by atoms with van der Waals surface area (Å²) in [6.45, 7) is 1.97. The van der Waals surface area contributed by atoms with E-state index in [2.05, 4.69) is 20.1 Å². The smallest absolute Gasteiger partial charge is 0.151 e. The van der Waals surface area contributed by atoms with Gasteiger partial charge in [-0.1, -0.05) is 6.92 Å². The molecule has 0 saturated heterocycles. The largest absolute Gasteiger partial charge is 0.382 e. The van der Waals surface area contributed by atoms with Gasteiger partial charge in [0.2, 0.25) is 0 Å². The molecule has 0 bridgehead atoms. The number of nitrogens with two attached hydrogens (primary N) is 2. The first kappa shape index (κ1) is 12.3. The number of fused-ring (bicyclic) bond motifs is 1. The van der Waals surface area contributed by atoms with Crippen molar-refractivity contribution in [3.63, 3.8) is 0 Å². The number of nitrogens with zero attached hydrogens (tertiary/aromatic N) is 5. The van der Waals surface area contributed by atoms with Gasteiger partial charge in [0.05, 0.1) is 11.9 Å². The SMILES string of the molecule is CCc1nc2c(N)ncc(-c3cnn(C)c3)c2nc1N. The van der Waals surface area contributed by atoms with Crippen molar-refractivity contribution in [2.24, 2.45) is 7.05 Å². The fourth-order valence-electron chi connectivity index (χ4n) is 2.14. The highest BCUT2D eigenvalue weighted by Crippen LogP contribution is 2.29. The van der Waals surface area contributed by atoms with Crippen molar-refractivity contribution < 1.29 is 0 Å². The molecule has 0 fully saturated rings. The van der Waals surface area contributed by atoms with Gasteiger partial charge < -0.3 is 11.5 Å². The topological polar surface area (TPSA) is 109 Å². The Labute approximate surface area is 115 Å². The third-order valence-corrected chi connectivity index (χ3v) is 3.18. The number of aromatic nitrogens is 5. The van der Waals surface area contributed by atoms with Crippen LogP contribution in [0, 0.1) is 0 Å². The minimum Gasteiger partial charge on any atom is -0.382 e. The second-order valence-corrected chi connectivity index (χ2v) is 4.57. The maximum absolute atomic E-state index is 5.94. The van der Waals surface area contributed by atoms with Crippen LogP contribution >= 0.6 is 0 Å². The van der Waals surface area contributed by atoms with Crippen LogP contribution in [0.5, 0.6) is 0 Å². The summed E-state index contributed by atoms with van der Waals surface area (Å²) in [6, 6.07) is 0. The first-order valence-corrected chi connectivity index (χ1v) is 6.29. The minimum atomic E-state index is 0.356. The summed E-state index contributed by atoms with van der Waals surface area (Å²) in [5.74, 6) is 0.783. The molecule has 0 aromatic carbocycles. The Morgan fingerprint density at radius 3 is 2.55 bits per heavy atom. The van der Waals surface area contributed by atoms with Gasteiger partial charge in [0.15, 0.2) is 5.82 Å². The lowest BCUT2D eigenvalue weighted by molar-refractivity contribution is 0.768. The van der Waals surface area contributed by atoms with E-state index in [1.165, 1.54) is 0 Å². The summed E-state index contributed by atoms with van der Waals surface area (Å²) >= 11 is 0. The molecule has 3 aromatic heterocycles. The van der Waals surface area contributed by atoms with Crippen LogP contribution in [-0.4, -0.2) is 24.7 Å². The average molecular weight is 269 g/mol. The van der Waals surface area contributed by atoms with Crippen LogP contribution < -0.4 is 11.5 Å². The molecule has 3 heterocycles. The van der Waals surface area contributed by atoms with Crippen molar-refractivity contribution in [1.29, 1.82) is 0 Å². The van der Waals surface area contributed by atoms with Crippen LogP contribution in [0.4, 0.5) is 11.6 Å². The molecule has 7 nitrogen and oxygen atoms in total. The summed E-state index contributed by atoms with van der Waals surface area (Å²) in [7, 11) is 1.85. The summed E-state index contributed by atoms with van der Waals surface area (Å²) in [5, 5.41) is 4.16. The van der Waals surface area contributed by atoms with Gasteiger partial charge in [-0.2, -0.15) is 5.10 Å². The van der Waals surface area contributed by atoms with Crippen molar-refractivity contribution in [2.75, 3.05) is 11.5 Å². The fourth-order valence-corrected chi connectivity index (χ4v) is 2.14. The van der Waals surface area contributed by atoms with E-state index >= 15 is 0 Å². The first-order valence-electron chi connectivity index (χ1n) is 6.29. The quantitative estimate of drug-likeness (QED) is 0.722. The number of anilines is 2. The number of nitrogen functional groups attached to an aromatic ring is 2. The maximum Gasteiger partial charge on any atom is 0.151 e. The van der Waals surface area contributed by atoms with Gasteiger partial charge in [-0.15, -0.1) is 0 Å². The van der Waals surface area contributed by atoms with Crippen molar-refractivity contribution in [3.05, 3.63) is 24.3 Å². The number of aryl methyl sites for hydroxylation is 2. The van der Waals surface area contributed by atoms with E-state index in [9.17, 15) is 0 Å².